The van der Waals surface area contributed by atoms with Crippen molar-refractivity contribution in [1.82, 2.24) is 4.90 Å². The van der Waals surface area contributed by atoms with Crippen molar-refractivity contribution in [2.75, 3.05) is 19.6 Å². The van der Waals surface area contributed by atoms with Crippen molar-refractivity contribution in [3.05, 3.63) is 29.8 Å². The Kier molecular flexibility index (Phi) is 3.08. The van der Waals surface area contributed by atoms with Gasteiger partial charge in [0.1, 0.15) is 11.9 Å². The number of piperidine rings is 3. The van der Waals surface area contributed by atoms with Gasteiger partial charge in [0.15, 0.2) is 5.78 Å². The highest BCUT2D eigenvalue weighted by molar-refractivity contribution is 5.96. The minimum atomic E-state index is 0.0758. The normalized spacial score (nSPS) is 30.2. The first-order valence-corrected chi connectivity index (χ1v) is 6.73. The van der Waals surface area contributed by atoms with Crippen molar-refractivity contribution in [1.29, 1.82) is 0 Å². The molecule has 3 fully saturated rings. The fraction of sp³-hybridized carbons (Fsp3) is 0.533. The summed E-state index contributed by atoms with van der Waals surface area (Å²) in [5, 5.41) is 0. The van der Waals surface area contributed by atoms with Gasteiger partial charge in [-0.25, -0.2) is 0 Å². The minimum Gasteiger partial charge on any atom is -0.488 e. The summed E-state index contributed by atoms with van der Waals surface area (Å²) >= 11 is 0. The van der Waals surface area contributed by atoms with Gasteiger partial charge in [0.25, 0.3) is 0 Å². The molecule has 0 aromatic heterocycles. The molecule has 3 heteroatoms. The Labute approximate surface area is 108 Å². The second-order valence-electron chi connectivity index (χ2n) is 5.35. The van der Waals surface area contributed by atoms with E-state index in [1.165, 1.54) is 25.9 Å². The van der Waals surface area contributed by atoms with Gasteiger partial charge in [0.2, 0.25) is 0 Å². The number of nitrogens with zero attached hydrogens (tertiary/aromatic N) is 1. The predicted octanol–water partition coefficient (Wildman–Crippen LogP) is 2.36. The first kappa shape index (κ1) is 11.7. The zero-order chi connectivity index (χ0) is 12.5. The number of ketones is 1. The molecule has 3 aliphatic heterocycles. The summed E-state index contributed by atoms with van der Waals surface area (Å²) in [6.45, 7) is 5.02. The smallest absolute Gasteiger partial charge is 0.163 e. The first-order chi connectivity index (χ1) is 8.74. The van der Waals surface area contributed by atoms with E-state index in [1.54, 1.807) is 6.92 Å². The summed E-state index contributed by atoms with van der Waals surface area (Å²) in [7, 11) is 0. The molecule has 0 radical (unpaired) electrons. The Balaban J connectivity index is 1.78. The van der Waals surface area contributed by atoms with Crippen molar-refractivity contribution < 1.29 is 9.53 Å². The number of rotatable bonds is 3. The van der Waals surface area contributed by atoms with Crippen molar-refractivity contribution in [3.8, 4) is 5.75 Å². The summed E-state index contributed by atoms with van der Waals surface area (Å²) in [6, 6.07) is 7.58. The van der Waals surface area contributed by atoms with Crippen LogP contribution in [0.25, 0.3) is 0 Å². The third-order valence-corrected chi connectivity index (χ3v) is 4.14. The minimum absolute atomic E-state index is 0.0758. The lowest BCUT2D eigenvalue weighted by Crippen LogP contribution is -2.52. The van der Waals surface area contributed by atoms with E-state index >= 15 is 0 Å². The monoisotopic (exact) mass is 245 g/mol. The lowest BCUT2D eigenvalue weighted by molar-refractivity contribution is -0.00805. The van der Waals surface area contributed by atoms with E-state index in [4.69, 9.17) is 4.74 Å². The van der Waals surface area contributed by atoms with Gasteiger partial charge in [-0.15, -0.1) is 0 Å². The van der Waals surface area contributed by atoms with Crippen molar-refractivity contribution in [3.63, 3.8) is 0 Å². The van der Waals surface area contributed by atoms with E-state index < -0.39 is 0 Å². The summed E-state index contributed by atoms with van der Waals surface area (Å²) < 4.78 is 6.12. The Morgan fingerprint density at radius 2 is 2.00 bits per heavy atom. The number of benzene rings is 1. The largest absolute Gasteiger partial charge is 0.488 e. The van der Waals surface area contributed by atoms with Crippen LogP contribution in [-0.2, 0) is 0 Å². The van der Waals surface area contributed by atoms with E-state index in [9.17, 15) is 4.79 Å². The highest BCUT2D eigenvalue weighted by Crippen LogP contribution is 2.31. The topological polar surface area (TPSA) is 29.5 Å². The van der Waals surface area contributed by atoms with Crippen LogP contribution >= 0.6 is 0 Å². The van der Waals surface area contributed by atoms with E-state index in [0.29, 0.717) is 11.5 Å². The lowest BCUT2D eigenvalue weighted by atomic mass is 9.86. The van der Waals surface area contributed by atoms with Crippen LogP contribution in [0.2, 0.25) is 0 Å². The predicted molar refractivity (Wildman–Crippen MR) is 70.0 cm³/mol. The van der Waals surface area contributed by atoms with Crippen LogP contribution in [0, 0.1) is 5.92 Å². The average molecular weight is 245 g/mol. The number of hydrogen-bond donors (Lipinski definition) is 0. The molecular weight excluding hydrogens is 226 g/mol. The van der Waals surface area contributed by atoms with Gasteiger partial charge >= 0.3 is 0 Å². The van der Waals surface area contributed by atoms with Gasteiger partial charge in [-0.2, -0.15) is 0 Å². The van der Waals surface area contributed by atoms with E-state index in [2.05, 4.69) is 4.90 Å². The first-order valence-electron chi connectivity index (χ1n) is 6.73. The van der Waals surface area contributed by atoms with E-state index in [-0.39, 0.29) is 11.9 Å². The zero-order valence-electron chi connectivity index (χ0n) is 10.8. The number of carbonyl (C=O) groups is 1. The number of ether oxygens (including phenoxy) is 1. The maximum Gasteiger partial charge on any atom is 0.163 e. The van der Waals surface area contributed by atoms with Crippen molar-refractivity contribution >= 4 is 5.78 Å². The van der Waals surface area contributed by atoms with Crippen LogP contribution in [-0.4, -0.2) is 36.4 Å². The van der Waals surface area contributed by atoms with Gasteiger partial charge < -0.3 is 4.74 Å². The number of carbonyl (C=O) groups excluding carboxylic acids is 1. The Morgan fingerprint density at radius 3 is 2.61 bits per heavy atom. The van der Waals surface area contributed by atoms with Crippen LogP contribution < -0.4 is 4.74 Å². The second-order valence-corrected chi connectivity index (χ2v) is 5.35. The van der Waals surface area contributed by atoms with Gasteiger partial charge in [-0.3, -0.25) is 9.69 Å². The van der Waals surface area contributed by atoms with Crippen LogP contribution in [0.5, 0.6) is 5.75 Å². The molecule has 3 aliphatic rings. The number of para-hydroxylation sites is 1. The molecule has 1 aromatic rings. The average Bonchev–Trinajstić information content (AvgIpc) is 2.40. The summed E-state index contributed by atoms with van der Waals surface area (Å²) in [4.78, 5) is 14.0. The molecule has 3 saturated heterocycles. The summed E-state index contributed by atoms with van der Waals surface area (Å²) in [5.41, 5.74) is 0.703. The number of hydrogen-bond acceptors (Lipinski definition) is 3. The highest BCUT2D eigenvalue weighted by Gasteiger charge is 2.35. The molecule has 1 aromatic carbocycles. The number of fused-ring (bicyclic) bond motifs is 3. The maximum atomic E-state index is 11.6. The molecule has 1 atom stereocenters. The molecule has 0 amide bonds. The summed E-state index contributed by atoms with van der Waals surface area (Å²) in [6.07, 6.45) is 2.72. The highest BCUT2D eigenvalue weighted by atomic mass is 16.5. The molecule has 18 heavy (non-hydrogen) atoms. The second kappa shape index (κ2) is 4.73. The molecule has 2 bridgehead atoms. The molecule has 4 rings (SSSR count). The van der Waals surface area contributed by atoms with Gasteiger partial charge in [-0.05, 0) is 50.9 Å². The molecular formula is C15H19NO2. The Bertz CT molecular complexity index is 450. The molecule has 0 N–H and O–H groups in total. The molecule has 0 spiro atoms. The third-order valence-electron chi connectivity index (χ3n) is 4.14. The van der Waals surface area contributed by atoms with Crippen LogP contribution in [0.1, 0.15) is 30.1 Å². The summed E-state index contributed by atoms with van der Waals surface area (Å²) in [5.74, 6) is 1.49. The van der Waals surface area contributed by atoms with Gasteiger partial charge in [0.05, 0.1) is 5.56 Å². The molecule has 96 valence electrons. The van der Waals surface area contributed by atoms with Crippen molar-refractivity contribution in [2.45, 2.75) is 25.9 Å². The van der Waals surface area contributed by atoms with E-state index in [1.807, 2.05) is 24.3 Å². The van der Waals surface area contributed by atoms with Crippen LogP contribution in [0.4, 0.5) is 0 Å². The quantitative estimate of drug-likeness (QED) is 0.766. The van der Waals surface area contributed by atoms with Crippen LogP contribution in [0.3, 0.4) is 0 Å². The molecule has 0 aliphatic carbocycles. The fourth-order valence-corrected chi connectivity index (χ4v) is 3.07. The maximum absolute atomic E-state index is 11.6. The number of Topliss-reactive ketones (excluding diaryl/α,β-unsaturated/α-hetero) is 1. The molecule has 3 heterocycles. The van der Waals surface area contributed by atoms with Gasteiger partial charge in [0, 0.05) is 6.54 Å². The Hall–Kier alpha value is -1.35. The third kappa shape index (κ3) is 2.15. The van der Waals surface area contributed by atoms with Crippen LogP contribution in [0.15, 0.2) is 24.3 Å². The fourth-order valence-electron chi connectivity index (χ4n) is 3.07. The SMILES string of the molecule is CC(=O)c1ccccc1OC1CN2CCC1CC2. The van der Waals surface area contributed by atoms with E-state index in [0.717, 1.165) is 12.3 Å². The molecule has 0 saturated carbocycles. The van der Waals surface area contributed by atoms with Crippen molar-refractivity contribution in [2.24, 2.45) is 5.92 Å². The standard InChI is InChI=1S/C15H19NO2/c1-11(17)13-4-2-3-5-14(13)18-15-10-16-8-6-12(15)7-9-16/h2-5,12,15H,6-10H2,1H3. The van der Waals surface area contributed by atoms with Gasteiger partial charge in [-0.1, -0.05) is 12.1 Å². The Morgan fingerprint density at radius 1 is 1.28 bits per heavy atom. The molecule has 3 nitrogen and oxygen atoms in total. The molecule has 1 unspecified atom stereocenters. The zero-order valence-corrected chi connectivity index (χ0v) is 10.8. The lowest BCUT2D eigenvalue weighted by Gasteiger charge is -2.44.